The minimum Gasteiger partial charge on any atom is -0.493 e. The molecule has 2 aromatic carbocycles. The van der Waals surface area contributed by atoms with Gasteiger partial charge >= 0.3 is 0 Å². The van der Waals surface area contributed by atoms with Crippen LogP contribution in [-0.4, -0.2) is 14.2 Å². The lowest BCUT2D eigenvalue weighted by atomic mass is 10.0. The van der Waals surface area contributed by atoms with Gasteiger partial charge in [0.05, 0.1) is 25.9 Å². The molecule has 0 saturated carbocycles. The van der Waals surface area contributed by atoms with Crippen molar-refractivity contribution in [1.29, 1.82) is 5.26 Å². The van der Waals surface area contributed by atoms with Gasteiger partial charge in [0, 0.05) is 0 Å². The number of benzene rings is 2. The van der Waals surface area contributed by atoms with E-state index in [0.717, 1.165) is 11.1 Å². The quantitative estimate of drug-likeness (QED) is 0.626. The maximum absolute atomic E-state index is 9.33. The number of rotatable bonds is 4. The Morgan fingerprint density at radius 3 is 2.40 bits per heavy atom. The van der Waals surface area contributed by atoms with E-state index in [1.165, 1.54) is 0 Å². The Labute approximate surface area is 118 Å². The van der Waals surface area contributed by atoms with Gasteiger partial charge in [0.2, 0.25) is 0 Å². The van der Waals surface area contributed by atoms with E-state index in [1.54, 1.807) is 26.4 Å². The predicted octanol–water partition coefficient (Wildman–Crippen LogP) is 3.57. The van der Waals surface area contributed by atoms with E-state index in [9.17, 15) is 5.26 Å². The van der Waals surface area contributed by atoms with Crippen LogP contribution in [0.4, 0.5) is 0 Å². The van der Waals surface area contributed by atoms with Crippen molar-refractivity contribution in [3.05, 3.63) is 59.7 Å². The molecule has 0 heterocycles. The van der Waals surface area contributed by atoms with Crippen molar-refractivity contribution in [2.75, 3.05) is 14.2 Å². The minimum absolute atomic E-state index is 0.567. The number of hydrogen-bond donors (Lipinski definition) is 0. The van der Waals surface area contributed by atoms with Crippen molar-refractivity contribution in [3.63, 3.8) is 0 Å². The normalized spacial score (nSPS) is 10.8. The fourth-order valence-corrected chi connectivity index (χ4v) is 1.85. The number of nitrogens with zero attached hydrogens (tertiary/aromatic N) is 1. The van der Waals surface area contributed by atoms with Gasteiger partial charge in [-0.2, -0.15) is 5.26 Å². The van der Waals surface area contributed by atoms with Gasteiger partial charge in [-0.1, -0.05) is 24.3 Å². The van der Waals surface area contributed by atoms with Crippen LogP contribution < -0.4 is 9.47 Å². The molecule has 3 heteroatoms. The maximum atomic E-state index is 9.33. The fraction of sp³-hybridized carbons (Fsp3) is 0.118. The van der Waals surface area contributed by atoms with E-state index in [-0.39, 0.29) is 0 Å². The predicted molar refractivity (Wildman–Crippen MR) is 78.3 cm³/mol. The average Bonchev–Trinajstić information content (AvgIpc) is 2.53. The number of methoxy groups -OCH3 is 2. The topological polar surface area (TPSA) is 42.2 Å². The molecule has 0 spiro atoms. The zero-order valence-corrected chi connectivity index (χ0v) is 11.4. The second-order valence-electron chi connectivity index (χ2n) is 4.07. The smallest absolute Gasteiger partial charge is 0.161 e. The lowest BCUT2D eigenvalue weighted by Gasteiger charge is -2.09. The first kappa shape index (κ1) is 13.7. The molecule has 2 rings (SSSR count). The maximum Gasteiger partial charge on any atom is 0.161 e. The summed E-state index contributed by atoms with van der Waals surface area (Å²) in [6.45, 7) is 0. The van der Waals surface area contributed by atoms with Crippen molar-refractivity contribution in [2.24, 2.45) is 0 Å². The molecule has 20 heavy (non-hydrogen) atoms. The van der Waals surface area contributed by atoms with Crippen molar-refractivity contribution < 1.29 is 9.47 Å². The van der Waals surface area contributed by atoms with E-state index in [2.05, 4.69) is 12.1 Å². The molecule has 0 aromatic heterocycles. The molecule has 0 bridgehead atoms. The second-order valence-corrected chi connectivity index (χ2v) is 4.07. The van der Waals surface area contributed by atoms with Gasteiger partial charge in [0.25, 0.3) is 0 Å². The zero-order chi connectivity index (χ0) is 14.4. The van der Waals surface area contributed by atoms with Crippen LogP contribution in [0.5, 0.6) is 11.5 Å². The summed E-state index contributed by atoms with van der Waals surface area (Å²) in [6, 6.07) is 18.0. The monoisotopic (exact) mass is 264 g/mol. The van der Waals surface area contributed by atoms with Crippen molar-refractivity contribution in [1.82, 2.24) is 0 Å². The number of nitriles is 1. The van der Waals surface area contributed by atoms with E-state index in [1.807, 2.05) is 36.4 Å². The molecule has 0 amide bonds. The van der Waals surface area contributed by atoms with Crippen LogP contribution in [0, 0.1) is 17.4 Å². The summed E-state index contributed by atoms with van der Waals surface area (Å²) in [4.78, 5) is 0. The number of allylic oxidation sites excluding steroid dienone is 1. The molecule has 0 fully saturated rings. The van der Waals surface area contributed by atoms with Crippen LogP contribution in [0.15, 0.2) is 42.5 Å². The standard InChI is InChI=1S/C17H14NO2/c1-19-16-9-8-14(11-17(16)20-2)15(12-18)10-13-6-4-3-5-7-13/h4-11H,1-2H3. The Bertz CT molecular complexity index is 654. The van der Waals surface area contributed by atoms with Crippen LogP contribution in [0.1, 0.15) is 11.1 Å². The molecular formula is C17H14NO2. The van der Waals surface area contributed by atoms with E-state index in [0.29, 0.717) is 17.1 Å². The van der Waals surface area contributed by atoms with Crippen molar-refractivity contribution in [2.45, 2.75) is 0 Å². The highest BCUT2D eigenvalue weighted by Gasteiger charge is 2.07. The SMILES string of the molecule is COc1ccc(C(C#N)=Cc2cc[c]cc2)cc1OC. The molecule has 0 aliphatic rings. The van der Waals surface area contributed by atoms with E-state index < -0.39 is 0 Å². The summed E-state index contributed by atoms with van der Waals surface area (Å²) < 4.78 is 10.4. The van der Waals surface area contributed by atoms with Gasteiger partial charge in [-0.25, -0.2) is 0 Å². The van der Waals surface area contributed by atoms with Gasteiger partial charge in [0.1, 0.15) is 0 Å². The molecule has 1 radical (unpaired) electrons. The third-order valence-electron chi connectivity index (χ3n) is 2.87. The van der Waals surface area contributed by atoms with Gasteiger partial charge in [-0.05, 0) is 41.5 Å². The fourth-order valence-electron chi connectivity index (χ4n) is 1.85. The third kappa shape index (κ3) is 2.99. The Kier molecular flexibility index (Phi) is 4.41. The second kappa shape index (κ2) is 6.44. The summed E-state index contributed by atoms with van der Waals surface area (Å²) in [5.74, 6) is 1.25. The van der Waals surface area contributed by atoms with Crippen LogP contribution in [0.25, 0.3) is 11.6 Å². The Morgan fingerprint density at radius 1 is 1.10 bits per heavy atom. The van der Waals surface area contributed by atoms with Crippen LogP contribution in [-0.2, 0) is 0 Å². The number of hydrogen-bond acceptors (Lipinski definition) is 3. The molecule has 99 valence electrons. The van der Waals surface area contributed by atoms with Crippen molar-refractivity contribution >= 4 is 11.6 Å². The molecule has 0 atom stereocenters. The molecule has 0 saturated heterocycles. The Morgan fingerprint density at radius 2 is 1.80 bits per heavy atom. The van der Waals surface area contributed by atoms with Crippen LogP contribution in [0.3, 0.4) is 0 Å². The summed E-state index contributed by atoms with van der Waals surface area (Å²) in [7, 11) is 3.16. The molecule has 3 nitrogen and oxygen atoms in total. The van der Waals surface area contributed by atoms with Crippen LogP contribution in [0.2, 0.25) is 0 Å². The zero-order valence-electron chi connectivity index (χ0n) is 11.4. The highest BCUT2D eigenvalue weighted by atomic mass is 16.5. The van der Waals surface area contributed by atoms with Gasteiger partial charge in [-0.3, -0.25) is 0 Å². The average molecular weight is 264 g/mol. The molecule has 2 aromatic rings. The highest BCUT2D eigenvalue weighted by Crippen LogP contribution is 2.30. The first-order valence-corrected chi connectivity index (χ1v) is 6.09. The molecular weight excluding hydrogens is 250 g/mol. The van der Waals surface area contributed by atoms with Gasteiger partial charge in [-0.15, -0.1) is 0 Å². The van der Waals surface area contributed by atoms with Gasteiger partial charge in [0.15, 0.2) is 11.5 Å². The summed E-state index contributed by atoms with van der Waals surface area (Å²) >= 11 is 0. The molecule has 0 aliphatic carbocycles. The molecule has 0 aliphatic heterocycles. The van der Waals surface area contributed by atoms with Gasteiger partial charge < -0.3 is 9.47 Å². The molecule has 0 unspecified atom stereocenters. The first-order chi connectivity index (χ1) is 9.78. The van der Waals surface area contributed by atoms with E-state index >= 15 is 0 Å². The third-order valence-corrected chi connectivity index (χ3v) is 2.87. The lowest BCUT2D eigenvalue weighted by Crippen LogP contribution is -1.92. The lowest BCUT2D eigenvalue weighted by molar-refractivity contribution is 0.355. The summed E-state index contributed by atoms with van der Waals surface area (Å²) in [5, 5.41) is 9.33. The van der Waals surface area contributed by atoms with E-state index in [4.69, 9.17) is 9.47 Å². The highest BCUT2D eigenvalue weighted by molar-refractivity contribution is 5.90. The van der Waals surface area contributed by atoms with Crippen molar-refractivity contribution in [3.8, 4) is 17.6 Å². The van der Waals surface area contributed by atoms with Crippen LogP contribution >= 0.6 is 0 Å². The molecule has 0 N–H and O–H groups in total. The largest absolute Gasteiger partial charge is 0.493 e. The summed E-state index contributed by atoms with van der Waals surface area (Å²) in [6.07, 6.45) is 1.83. The summed E-state index contributed by atoms with van der Waals surface area (Å²) in [5.41, 5.74) is 2.31. The number of ether oxygens (including phenoxy) is 2. The Balaban J connectivity index is 2.43. The first-order valence-electron chi connectivity index (χ1n) is 6.09. The Hall–Kier alpha value is -2.73. The minimum atomic E-state index is 0.567.